The normalized spacial score (nSPS) is 11.8. The molecular weight excluding hydrogens is 274 g/mol. The Morgan fingerprint density at radius 3 is 2.52 bits per heavy atom. The van der Waals surface area contributed by atoms with Gasteiger partial charge in [-0.05, 0) is 25.1 Å². The molecule has 110 valence electrons. The van der Waals surface area contributed by atoms with E-state index < -0.39 is 11.0 Å². The number of methoxy groups -OCH3 is 1. The molecule has 0 fully saturated rings. The second-order valence-electron chi connectivity index (χ2n) is 4.41. The minimum Gasteiger partial charge on any atom is -0.490 e. The van der Waals surface area contributed by atoms with E-state index in [4.69, 9.17) is 9.47 Å². The number of aliphatic hydroxyl groups is 1. The summed E-state index contributed by atoms with van der Waals surface area (Å²) in [6.07, 6.45) is -0.700. The number of nitro benzene ring substituents is 1. The van der Waals surface area contributed by atoms with Gasteiger partial charge in [-0.3, -0.25) is 10.1 Å². The molecule has 2 aromatic carbocycles. The number of nitro groups is 1. The number of hydrogen-bond acceptors (Lipinski definition) is 5. The summed E-state index contributed by atoms with van der Waals surface area (Å²) in [5.74, 6) is 0.915. The van der Waals surface area contributed by atoms with E-state index in [1.807, 2.05) is 0 Å². The van der Waals surface area contributed by atoms with Gasteiger partial charge in [-0.25, -0.2) is 0 Å². The highest BCUT2D eigenvalue weighted by atomic mass is 16.6. The predicted octanol–water partition coefficient (Wildman–Crippen LogP) is 3.45. The second-order valence-corrected chi connectivity index (χ2v) is 4.41. The first-order valence-electron chi connectivity index (χ1n) is 6.30. The minimum absolute atomic E-state index is 0.163. The molecule has 1 atom stereocenters. The monoisotopic (exact) mass is 289 g/mol. The fraction of sp³-hybridized carbons (Fsp3) is 0.200. The van der Waals surface area contributed by atoms with Crippen molar-refractivity contribution >= 4 is 5.69 Å². The Kier molecular flexibility index (Phi) is 4.39. The molecule has 1 N–H and O–H groups in total. The summed E-state index contributed by atoms with van der Waals surface area (Å²) in [5.41, 5.74) is 0.431. The molecule has 0 aliphatic heterocycles. The summed E-state index contributed by atoms with van der Waals surface area (Å²) in [5, 5.41) is 20.7. The van der Waals surface area contributed by atoms with Crippen molar-refractivity contribution < 1.29 is 19.5 Å². The van der Waals surface area contributed by atoms with E-state index in [1.165, 1.54) is 19.2 Å². The van der Waals surface area contributed by atoms with Crippen LogP contribution in [0.15, 0.2) is 42.5 Å². The molecule has 6 nitrogen and oxygen atoms in total. The van der Waals surface area contributed by atoms with Crippen molar-refractivity contribution in [2.45, 2.75) is 13.0 Å². The van der Waals surface area contributed by atoms with Gasteiger partial charge in [0, 0.05) is 5.56 Å². The van der Waals surface area contributed by atoms with Crippen LogP contribution in [0.3, 0.4) is 0 Å². The van der Waals surface area contributed by atoms with Crippen LogP contribution < -0.4 is 9.47 Å². The molecule has 0 bridgehead atoms. The lowest BCUT2D eigenvalue weighted by Gasteiger charge is -2.13. The van der Waals surface area contributed by atoms with Gasteiger partial charge >= 0.3 is 5.69 Å². The van der Waals surface area contributed by atoms with E-state index in [0.717, 1.165) is 0 Å². The van der Waals surface area contributed by atoms with Crippen molar-refractivity contribution in [3.05, 3.63) is 58.1 Å². The Balaban J connectivity index is 2.37. The number of rotatable bonds is 5. The lowest BCUT2D eigenvalue weighted by atomic mass is 10.1. The maximum absolute atomic E-state index is 11.0. The number of ether oxygens (including phenoxy) is 2. The number of nitrogens with zero attached hydrogens (tertiary/aromatic N) is 1. The lowest BCUT2D eigenvalue weighted by Crippen LogP contribution is -1.97. The van der Waals surface area contributed by atoms with Crippen molar-refractivity contribution in [2.24, 2.45) is 0 Å². The zero-order valence-electron chi connectivity index (χ0n) is 11.6. The Hall–Kier alpha value is -2.60. The van der Waals surface area contributed by atoms with Gasteiger partial charge in [0.15, 0.2) is 5.75 Å². The number of hydrogen-bond donors (Lipinski definition) is 1. The Bertz CT molecular complexity index is 654. The standard InChI is InChI=1S/C15H15NO5/c1-10(17)12-5-3-4-6-14(12)21-11-7-8-15(20-2)13(9-11)16(18)19/h3-10,17H,1-2H3. The zero-order chi connectivity index (χ0) is 15.4. The van der Waals surface area contributed by atoms with Gasteiger partial charge in [-0.1, -0.05) is 18.2 Å². The maximum atomic E-state index is 11.0. The molecule has 0 heterocycles. The van der Waals surface area contributed by atoms with Crippen LogP contribution in [0.1, 0.15) is 18.6 Å². The van der Waals surface area contributed by atoms with Crippen molar-refractivity contribution in [3.63, 3.8) is 0 Å². The van der Waals surface area contributed by atoms with Gasteiger partial charge in [0.2, 0.25) is 0 Å². The quantitative estimate of drug-likeness (QED) is 0.673. The highest BCUT2D eigenvalue weighted by Crippen LogP contribution is 2.35. The molecule has 1 unspecified atom stereocenters. The summed E-state index contributed by atoms with van der Waals surface area (Å²) >= 11 is 0. The van der Waals surface area contributed by atoms with Gasteiger partial charge in [0.05, 0.1) is 24.2 Å². The van der Waals surface area contributed by atoms with E-state index in [1.54, 1.807) is 37.3 Å². The molecule has 0 aliphatic carbocycles. The predicted molar refractivity (Wildman–Crippen MR) is 76.8 cm³/mol. The Morgan fingerprint density at radius 2 is 1.90 bits per heavy atom. The van der Waals surface area contributed by atoms with E-state index >= 15 is 0 Å². The Morgan fingerprint density at radius 1 is 1.19 bits per heavy atom. The average Bonchev–Trinajstić information content (AvgIpc) is 2.47. The number of benzene rings is 2. The first-order valence-corrected chi connectivity index (χ1v) is 6.30. The largest absolute Gasteiger partial charge is 0.490 e. The van der Waals surface area contributed by atoms with E-state index in [0.29, 0.717) is 17.1 Å². The van der Waals surface area contributed by atoms with Crippen LogP contribution in [0.4, 0.5) is 5.69 Å². The lowest BCUT2D eigenvalue weighted by molar-refractivity contribution is -0.385. The first-order chi connectivity index (χ1) is 10.0. The third kappa shape index (κ3) is 3.29. The molecule has 2 rings (SSSR count). The smallest absolute Gasteiger partial charge is 0.314 e. The SMILES string of the molecule is COc1ccc(Oc2ccccc2C(C)O)cc1[N+](=O)[O-]. The van der Waals surface area contributed by atoms with Crippen LogP contribution in [0.5, 0.6) is 17.2 Å². The van der Waals surface area contributed by atoms with Gasteiger partial charge in [0.1, 0.15) is 11.5 Å². The second kappa shape index (κ2) is 6.23. The fourth-order valence-electron chi connectivity index (χ4n) is 1.92. The van der Waals surface area contributed by atoms with Crippen LogP contribution in [-0.2, 0) is 0 Å². The van der Waals surface area contributed by atoms with Crippen molar-refractivity contribution in [3.8, 4) is 17.2 Å². The topological polar surface area (TPSA) is 81.8 Å². The Labute approximate surface area is 121 Å². The third-order valence-electron chi connectivity index (χ3n) is 2.94. The summed E-state index contributed by atoms with van der Waals surface area (Å²) in [7, 11) is 1.37. The van der Waals surface area contributed by atoms with Crippen LogP contribution >= 0.6 is 0 Å². The first kappa shape index (κ1) is 14.8. The van der Waals surface area contributed by atoms with E-state index in [2.05, 4.69) is 0 Å². The molecule has 0 aliphatic rings. The summed E-state index contributed by atoms with van der Waals surface area (Å²) in [6.45, 7) is 1.62. The molecule has 0 saturated heterocycles. The van der Waals surface area contributed by atoms with E-state index in [-0.39, 0.29) is 11.4 Å². The van der Waals surface area contributed by atoms with Crippen LogP contribution in [-0.4, -0.2) is 17.1 Å². The zero-order valence-corrected chi connectivity index (χ0v) is 11.6. The third-order valence-corrected chi connectivity index (χ3v) is 2.94. The summed E-state index contributed by atoms with van der Waals surface area (Å²) in [6, 6.07) is 11.3. The average molecular weight is 289 g/mol. The molecular formula is C15H15NO5. The van der Waals surface area contributed by atoms with Crippen LogP contribution in [0.25, 0.3) is 0 Å². The molecule has 6 heteroatoms. The minimum atomic E-state index is -0.700. The van der Waals surface area contributed by atoms with Gasteiger partial charge in [-0.2, -0.15) is 0 Å². The van der Waals surface area contributed by atoms with Gasteiger partial charge in [0.25, 0.3) is 0 Å². The molecule has 2 aromatic rings. The van der Waals surface area contributed by atoms with Crippen LogP contribution in [0.2, 0.25) is 0 Å². The van der Waals surface area contributed by atoms with Gasteiger partial charge in [-0.15, -0.1) is 0 Å². The molecule has 0 aromatic heterocycles. The molecule has 21 heavy (non-hydrogen) atoms. The van der Waals surface area contributed by atoms with Crippen molar-refractivity contribution in [2.75, 3.05) is 7.11 Å². The molecule has 0 radical (unpaired) electrons. The molecule has 0 saturated carbocycles. The molecule has 0 amide bonds. The highest BCUT2D eigenvalue weighted by Gasteiger charge is 2.17. The summed E-state index contributed by atoms with van der Waals surface area (Å²) in [4.78, 5) is 10.5. The number of aliphatic hydroxyl groups excluding tert-OH is 1. The maximum Gasteiger partial charge on any atom is 0.314 e. The van der Waals surface area contributed by atoms with Crippen molar-refractivity contribution in [1.82, 2.24) is 0 Å². The van der Waals surface area contributed by atoms with E-state index in [9.17, 15) is 15.2 Å². The fourth-order valence-corrected chi connectivity index (χ4v) is 1.92. The van der Waals surface area contributed by atoms with Gasteiger partial charge < -0.3 is 14.6 Å². The number of para-hydroxylation sites is 1. The van der Waals surface area contributed by atoms with Crippen LogP contribution in [0, 0.1) is 10.1 Å². The highest BCUT2D eigenvalue weighted by molar-refractivity contribution is 5.52. The van der Waals surface area contributed by atoms with Crippen molar-refractivity contribution in [1.29, 1.82) is 0 Å². The summed E-state index contributed by atoms with van der Waals surface area (Å²) < 4.78 is 10.6. The molecule has 0 spiro atoms.